The van der Waals surface area contributed by atoms with Gasteiger partial charge in [0.1, 0.15) is 6.33 Å². The standard InChI is InChI=1S/C11H16N2/c1-11(5-3-2-4-6-11)10-7-12-9-13-8-10/h7-9H,2-6H2,1H3. The molecule has 0 N–H and O–H groups in total. The van der Waals surface area contributed by atoms with Crippen LogP contribution in [-0.4, -0.2) is 9.97 Å². The summed E-state index contributed by atoms with van der Waals surface area (Å²) in [5.74, 6) is 0. The third-order valence-electron chi connectivity index (χ3n) is 3.21. The molecule has 0 amide bonds. The Morgan fingerprint density at radius 1 is 1.08 bits per heavy atom. The molecule has 0 bridgehead atoms. The third kappa shape index (κ3) is 1.71. The van der Waals surface area contributed by atoms with Gasteiger partial charge in [-0.2, -0.15) is 0 Å². The van der Waals surface area contributed by atoms with Crippen molar-refractivity contribution >= 4 is 0 Å². The van der Waals surface area contributed by atoms with Gasteiger partial charge in [-0.1, -0.05) is 26.2 Å². The van der Waals surface area contributed by atoms with Crippen LogP contribution < -0.4 is 0 Å². The Labute approximate surface area is 79.4 Å². The van der Waals surface area contributed by atoms with Crippen LogP contribution in [-0.2, 0) is 5.41 Å². The SMILES string of the molecule is CC1(c2cncnc2)CCCCC1. The van der Waals surface area contributed by atoms with Crippen molar-refractivity contribution in [3.8, 4) is 0 Å². The van der Waals surface area contributed by atoms with Gasteiger partial charge in [-0.3, -0.25) is 0 Å². The molecule has 1 aliphatic rings. The predicted molar refractivity (Wildman–Crippen MR) is 52.5 cm³/mol. The normalized spacial score (nSPS) is 21.3. The Bertz CT molecular complexity index is 263. The molecule has 0 saturated heterocycles. The summed E-state index contributed by atoms with van der Waals surface area (Å²) in [6.45, 7) is 2.34. The molecule has 2 nitrogen and oxygen atoms in total. The first-order valence-electron chi connectivity index (χ1n) is 5.07. The van der Waals surface area contributed by atoms with Gasteiger partial charge in [-0.15, -0.1) is 0 Å². The highest BCUT2D eigenvalue weighted by Gasteiger charge is 2.28. The zero-order valence-corrected chi connectivity index (χ0v) is 8.16. The Hall–Kier alpha value is -0.920. The lowest BCUT2D eigenvalue weighted by atomic mass is 9.72. The van der Waals surface area contributed by atoms with Crippen molar-refractivity contribution in [1.29, 1.82) is 0 Å². The molecular weight excluding hydrogens is 160 g/mol. The van der Waals surface area contributed by atoms with Crippen molar-refractivity contribution in [2.45, 2.75) is 44.4 Å². The van der Waals surface area contributed by atoms with Crippen LogP contribution in [0.5, 0.6) is 0 Å². The summed E-state index contributed by atoms with van der Waals surface area (Å²) in [6, 6.07) is 0. The van der Waals surface area contributed by atoms with Crippen LogP contribution in [0.25, 0.3) is 0 Å². The second kappa shape index (κ2) is 3.44. The minimum Gasteiger partial charge on any atom is -0.245 e. The summed E-state index contributed by atoms with van der Waals surface area (Å²) in [5, 5.41) is 0. The maximum Gasteiger partial charge on any atom is 0.115 e. The fraction of sp³-hybridized carbons (Fsp3) is 0.636. The molecule has 2 heteroatoms. The summed E-state index contributed by atoms with van der Waals surface area (Å²) >= 11 is 0. The van der Waals surface area contributed by atoms with Crippen LogP contribution in [0.15, 0.2) is 18.7 Å². The summed E-state index contributed by atoms with van der Waals surface area (Å²) < 4.78 is 0. The summed E-state index contributed by atoms with van der Waals surface area (Å²) in [4.78, 5) is 8.19. The lowest BCUT2D eigenvalue weighted by Gasteiger charge is -2.33. The van der Waals surface area contributed by atoms with Crippen LogP contribution in [0, 0.1) is 0 Å². The molecule has 2 rings (SSSR count). The van der Waals surface area contributed by atoms with Crippen molar-refractivity contribution in [3.05, 3.63) is 24.3 Å². The van der Waals surface area contributed by atoms with Gasteiger partial charge in [0.25, 0.3) is 0 Å². The smallest absolute Gasteiger partial charge is 0.115 e. The Morgan fingerprint density at radius 3 is 2.31 bits per heavy atom. The fourth-order valence-corrected chi connectivity index (χ4v) is 2.23. The van der Waals surface area contributed by atoms with Gasteiger partial charge in [-0.25, -0.2) is 9.97 Å². The zero-order chi connectivity index (χ0) is 9.15. The molecule has 1 aromatic rings. The highest BCUT2D eigenvalue weighted by atomic mass is 14.8. The van der Waals surface area contributed by atoms with Crippen LogP contribution in [0.2, 0.25) is 0 Å². The molecule has 1 saturated carbocycles. The molecule has 1 aliphatic carbocycles. The van der Waals surface area contributed by atoms with Crippen molar-refractivity contribution in [2.75, 3.05) is 0 Å². The summed E-state index contributed by atoms with van der Waals surface area (Å²) in [7, 11) is 0. The number of rotatable bonds is 1. The Morgan fingerprint density at radius 2 is 1.69 bits per heavy atom. The molecule has 13 heavy (non-hydrogen) atoms. The van der Waals surface area contributed by atoms with E-state index in [0.717, 1.165) is 0 Å². The van der Waals surface area contributed by atoms with E-state index in [2.05, 4.69) is 16.9 Å². The number of aromatic nitrogens is 2. The number of nitrogens with zero attached hydrogens (tertiary/aromatic N) is 2. The third-order valence-corrected chi connectivity index (χ3v) is 3.21. The van der Waals surface area contributed by atoms with Crippen molar-refractivity contribution in [3.63, 3.8) is 0 Å². The van der Waals surface area contributed by atoms with E-state index in [1.54, 1.807) is 6.33 Å². The summed E-state index contributed by atoms with van der Waals surface area (Å²) in [5.41, 5.74) is 1.66. The van der Waals surface area contributed by atoms with Gasteiger partial charge in [0, 0.05) is 12.4 Å². The number of hydrogen-bond acceptors (Lipinski definition) is 2. The molecule has 0 aromatic carbocycles. The van der Waals surface area contributed by atoms with E-state index in [1.807, 2.05) is 12.4 Å². The van der Waals surface area contributed by atoms with Gasteiger partial charge in [0.2, 0.25) is 0 Å². The highest BCUT2D eigenvalue weighted by Crippen LogP contribution is 2.37. The molecule has 0 atom stereocenters. The van der Waals surface area contributed by atoms with E-state index < -0.39 is 0 Å². The fourth-order valence-electron chi connectivity index (χ4n) is 2.23. The Kier molecular flexibility index (Phi) is 2.30. The minimum atomic E-state index is 0.347. The van der Waals surface area contributed by atoms with Crippen molar-refractivity contribution in [1.82, 2.24) is 9.97 Å². The lowest BCUT2D eigenvalue weighted by Crippen LogP contribution is -2.25. The largest absolute Gasteiger partial charge is 0.245 e. The van der Waals surface area contributed by atoms with E-state index >= 15 is 0 Å². The second-order valence-corrected chi connectivity index (χ2v) is 4.25. The molecule has 0 unspecified atom stereocenters. The molecule has 1 aromatic heterocycles. The maximum atomic E-state index is 4.09. The van der Waals surface area contributed by atoms with Gasteiger partial charge in [0.05, 0.1) is 0 Å². The van der Waals surface area contributed by atoms with Gasteiger partial charge < -0.3 is 0 Å². The molecular formula is C11H16N2. The first-order chi connectivity index (χ1) is 6.31. The van der Waals surface area contributed by atoms with E-state index in [-0.39, 0.29) is 0 Å². The van der Waals surface area contributed by atoms with Gasteiger partial charge >= 0.3 is 0 Å². The highest BCUT2D eigenvalue weighted by molar-refractivity contribution is 5.17. The van der Waals surface area contributed by atoms with Crippen molar-refractivity contribution < 1.29 is 0 Å². The quantitative estimate of drug-likeness (QED) is 0.657. The molecule has 1 fully saturated rings. The van der Waals surface area contributed by atoms with Crippen LogP contribution in [0.4, 0.5) is 0 Å². The second-order valence-electron chi connectivity index (χ2n) is 4.25. The van der Waals surface area contributed by atoms with E-state index in [1.165, 1.54) is 37.7 Å². The maximum absolute atomic E-state index is 4.09. The van der Waals surface area contributed by atoms with Crippen LogP contribution in [0.1, 0.15) is 44.6 Å². The topological polar surface area (TPSA) is 25.8 Å². The summed E-state index contributed by atoms with van der Waals surface area (Å²) in [6.07, 6.45) is 12.2. The first kappa shape index (κ1) is 8.67. The van der Waals surface area contributed by atoms with Gasteiger partial charge in [-0.05, 0) is 23.8 Å². The monoisotopic (exact) mass is 176 g/mol. The van der Waals surface area contributed by atoms with E-state index in [0.29, 0.717) is 5.41 Å². The van der Waals surface area contributed by atoms with Crippen LogP contribution in [0.3, 0.4) is 0 Å². The predicted octanol–water partition coefficient (Wildman–Crippen LogP) is 2.70. The molecule has 0 radical (unpaired) electrons. The van der Waals surface area contributed by atoms with E-state index in [9.17, 15) is 0 Å². The first-order valence-corrected chi connectivity index (χ1v) is 5.07. The molecule has 1 heterocycles. The zero-order valence-electron chi connectivity index (χ0n) is 8.16. The molecule has 70 valence electrons. The Balaban J connectivity index is 2.23. The van der Waals surface area contributed by atoms with Crippen molar-refractivity contribution in [2.24, 2.45) is 0 Å². The van der Waals surface area contributed by atoms with Gasteiger partial charge in [0.15, 0.2) is 0 Å². The molecule has 0 aliphatic heterocycles. The molecule has 0 spiro atoms. The average Bonchev–Trinajstić information content (AvgIpc) is 2.20. The van der Waals surface area contributed by atoms with Crippen LogP contribution >= 0.6 is 0 Å². The average molecular weight is 176 g/mol. The lowest BCUT2D eigenvalue weighted by molar-refractivity contribution is 0.318. The minimum absolute atomic E-state index is 0.347. The number of hydrogen-bond donors (Lipinski definition) is 0. The van der Waals surface area contributed by atoms with E-state index in [4.69, 9.17) is 0 Å².